The molecule has 4 rings (SSSR count). The SMILES string of the molecule is CCOc1ccc(C2=CC(c3cc(Cl)ccc3O)[NH2+]C(c3ccc(C(=O)OC)cc3)N2)cc1. The van der Waals surface area contributed by atoms with Gasteiger partial charge in [0.25, 0.3) is 0 Å². The van der Waals surface area contributed by atoms with Gasteiger partial charge in [-0.1, -0.05) is 23.7 Å². The molecular formula is C26H26ClN2O4+. The Bertz CT molecular complexity index is 1160. The molecule has 0 aliphatic carbocycles. The number of phenolic OH excluding ortho intramolecular Hbond substituents is 1. The number of ether oxygens (including phenoxy) is 2. The summed E-state index contributed by atoms with van der Waals surface area (Å²) in [6, 6.07) is 20.0. The molecule has 3 aromatic carbocycles. The van der Waals surface area contributed by atoms with Crippen molar-refractivity contribution in [3.8, 4) is 11.5 Å². The van der Waals surface area contributed by atoms with Crippen molar-refractivity contribution in [2.45, 2.75) is 19.1 Å². The molecule has 0 amide bonds. The highest BCUT2D eigenvalue weighted by atomic mass is 35.5. The Kier molecular flexibility index (Phi) is 6.87. The van der Waals surface area contributed by atoms with E-state index in [1.54, 1.807) is 30.3 Å². The maximum absolute atomic E-state index is 11.8. The van der Waals surface area contributed by atoms with E-state index < -0.39 is 0 Å². The molecule has 6 nitrogen and oxygen atoms in total. The van der Waals surface area contributed by atoms with Gasteiger partial charge < -0.3 is 25.2 Å². The van der Waals surface area contributed by atoms with Gasteiger partial charge in [-0.15, -0.1) is 0 Å². The van der Waals surface area contributed by atoms with Gasteiger partial charge in [-0.25, -0.2) is 4.79 Å². The maximum atomic E-state index is 11.8. The zero-order valence-corrected chi connectivity index (χ0v) is 19.2. The Balaban J connectivity index is 1.70. The van der Waals surface area contributed by atoms with Crippen LogP contribution in [0.1, 0.15) is 46.2 Å². The van der Waals surface area contributed by atoms with Crippen LogP contribution in [0.3, 0.4) is 0 Å². The monoisotopic (exact) mass is 465 g/mol. The largest absolute Gasteiger partial charge is 0.507 e. The normalized spacial score (nSPS) is 17.6. The average molecular weight is 466 g/mol. The smallest absolute Gasteiger partial charge is 0.337 e. The Labute approximate surface area is 197 Å². The number of rotatable bonds is 6. The van der Waals surface area contributed by atoms with E-state index in [0.29, 0.717) is 17.2 Å². The Hall–Kier alpha value is -3.48. The number of halogens is 1. The molecule has 2 unspecified atom stereocenters. The number of nitrogens with one attached hydrogen (secondary N) is 1. The lowest BCUT2D eigenvalue weighted by molar-refractivity contribution is -0.731. The molecule has 2 atom stereocenters. The molecule has 4 N–H and O–H groups in total. The number of carbonyl (C=O) groups is 1. The number of benzene rings is 3. The van der Waals surface area contributed by atoms with Crippen LogP contribution in [0.4, 0.5) is 0 Å². The molecule has 1 aliphatic heterocycles. The summed E-state index contributed by atoms with van der Waals surface area (Å²) in [7, 11) is 1.36. The number of hydrogen-bond donors (Lipinski definition) is 3. The maximum Gasteiger partial charge on any atom is 0.337 e. The fourth-order valence-electron chi connectivity index (χ4n) is 3.91. The number of nitrogens with two attached hydrogens (primary N) is 1. The lowest BCUT2D eigenvalue weighted by atomic mass is 9.97. The number of methoxy groups -OCH3 is 1. The first-order chi connectivity index (χ1) is 16.0. The first-order valence-corrected chi connectivity index (χ1v) is 11.1. The molecule has 1 heterocycles. The van der Waals surface area contributed by atoms with Gasteiger partial charge >= 0.3 is 5.97 Å². The van der Waals surface area contributed by atoms with E-state index in [9.17, 15) is 9.90 Å². The van der Waals surface area contributed by atoms with Crippen LogP contribution >= 0.6 is 11.6 Å². The Morgan fingerprint density at radius 3 is 2.48 bits per heavy atom. The number of hydrogen-bond acceptors (Lipinski definition) is 5. The van der Waals surface area contributed by atoms with E-state index in [-0.39, 0.29) is 23.9 Å². The van der Waals surface area contributed by atoms with E-state index in [1.807, 2.05) is 43.3 Å². The predicted octanol–water partition coefficient (Wildman–Crippen LogP) is 4.18. The Morgan fingerprint density at radius 2 is 1.82 bits per heavy atom. The van der Waals surface area contributed by atoms with Crippen molar-refractivity contribution in [3.05, 3.63) is 100 Å². The lowest BCUT2D eigenvalue weighted by Crippen LogP contribution is -2.89. The molecular weight excluding hydrogens is 440 g/mol. The van der Waals surface area contributed by atoms with Crippen LogP contribution in [-0.4, -0.2) is 24.8 Å². The van der Waals surface area contributed by atoms with Crippen molar-refractivity contribution < 1.29 is 24.7 Å². The predicted molar refractivity (Wildman–Crippen MR) is 127 cm³/mol. The zero-order chi connectivity index (χ0) is 23.4. The highest BCUT2D eigenvalue weighted by molar-refractivity contribution is 6.30. The minimum atomic E-state index is -0.376. The number of phenols is 1. The summed E-state index contributed by atoms with van der Waals surface area (Å²) in [5.74, 6) is 0.617. The van der Waals surface area contributed by atoms with Gasteiger partial charge in [0, 0.05) is 22.4 Å². The molecule has 0 aromatic heterocycles. The minimum absolute atomic E-state index is 0.161. The van der Waals surface area contributed by atoms with E-state index in [2.05, 4.69) is 16.7 Å². The van der Waals surface area contributed by atoms with Crippen LogP contribution in [0.25, 0.3) is 5.70 Å². The van der Waals surface area contributed by atoms with E-state index >= 15 is 0 Å². The van der Waals surface area contributed by atoms with Crippen LogP contribution in [0.5, 0.6) is 11.5 Å². The first-order valence-electron chi connectivity index (χ1n) is 10.7. The fourth-order valence-corrected chi connectivity index (χ4v) is 4.09. The third-order valence-corrected chi connectivity index (χ3v) is 5.81. The summed E-state index contributed by atoms with van der Waals surface area (Å²) in [4.78, 5) is 11.8. The van der Waals surface area contributed by atoms with Gasteiger partial charge in [-0.05, 0) is 67.1 Å². The van der Waals surface area contributed by atoms with Gasteiger partial charge in [0.05, 0.1) is 24.8 Å². The molecule has 0 saturated heterocycles. The average Bonchev–Trinajstić information content (AvgIpc) is 2.85. The van der Waals surface area contributed by atoms with Crippen molar-refractivity contribution >= 4 is 23.3 Å². The summed E-state index contributed by atoms with van der Waals surface area (Å²) in [6.07, 6.45) is 1.91. The molecule has 33 heavy (non-hydrogen) atoms. The molecule has 0 bridgehead atoms. The number of quaternary nitrogens is 1. The summed E-state index contributed by atoms with van der Waals surface area (Å²) in [6.45, 7) is 2.56. The minimum Gasteiger partial charge on any atom is -0.507 e. The van der Waals surface area contributed by atoms with Gasteiger partial charge in [-0.3, -0.25) is 0 Å². The van der Waals surface area contributed by atoms with Crippen molar-refractivity contribution in [2.75, 3.05) is 13.7 Å². The summed E-state index contributed by atoms with van der Waals surface area (Å²) >= 11 is 6.23. The number of carbonyl (C=O) groups excluding carboxylic acids is 1. The van der Waals surface area contributed by atoms with Gasteiger partial charge in [0.15, 0.2) is 6.17 Å². The van der Waals surface area contributed by atoms with E-state index in [1.165, 1.54) is 7.11 Å². The summed E-state index contributed by atoms with van der Waals surface area (Å²) in [5, 5.41) is 16.8. The standard InChI is InChI=1S/C26H25ClN2O4/c1-3-33-20-11-8-16(9-12-20)22-15-23(21-14-19(27)10-13-24(21)30)29-25(28-22)17-4-6-18(7-5-17)26(31)32-2/h4-15,23,25,28-30H,3H2,1-2H3/p+1. The molecule has 0 radical (unpaired) electrons. The van der Waals surface area contributed by atoms with Crippen molar-refractivity contribution in [3.63, 3.8) is 0 Å². The second-order valence-electron chi connectivity index (χ2n) is 7.69. The van der Waals surface area contributed by atoms with Gasteiger partial charge in [-0.2, -0.15) is 0 Å². The van der Waals surface area contributed by atoms with Crippen molar-refractivity contribution in [1.82, 2.24) is 5.32 Å². The number of aromatic hydroxyl groups is 1. The third-order valence-electron chi connectivity index (χ3n) is 5.57. The van der Waals surface area contributed by atoms with Crippen LogP contribution < -0.4 is 15.4 Å². The molecule has 170 valence electrons. The first kappa shape index (κ1) is 22.7. The highest BCUT2D eigenvalue weighted by Gasteiger charge is 2.29. The topological polar surface area (TPSA) is 84.4 Å². The van der Waals surface area contributed by atoms with Crippen molar-refractivity contribution in [2.24, 2.45) is 0 Å². The third kappa shape index (κ3) is 5.13. The van der Waals surface area contributed by atoms with E-state index in [4.69, 9.17) is 21.1 Å². The van der Waals surface area contributed by atoms with Gasteiger partial charge in [0.2, 0.25) is 0 Å². The molecule has 0 spiro atoms. The fraction of sp³-hybridized carbons (Fsp3) is 0.192. The molecule has 3 aromatic rings. The summed E-state index contributed by atoms with van der Waals surface area (Å²) < 4.78 is 10.4. The van der Waals surface area contributed by atoms with Crippen LogP contribution in [0, 0.1) is 0 Å². The van der Waals surface area contributed by atoms with E-state index in [0.717, 1.165) is 28.1 Å². The van der Waals surface area contributed by atoms with Crippen LogP contribution in [0.15, 0.2) is 72.8 Å². The lowest BCUT2D eigenvalue weighted by Gasteiger charge is -2.30. The molecule has 0 saturated carbocycles. The molecule has 0 fully saturated rings. The number of esters is 1. The van der Waals surface area contributed by atoms with Crippen LogP contribution in [-0.2, 0) is 4.74 Å². The van der Waals surface area contributed by atoms with Crippen LogP contribution in [0.2, 0.25) is 5.02 Å². The van der Waals surface area contributed by atoms with Crippen molar-refractivity contribution in [1.29, 1.82) is 0 Å². The second kappa shape index (κ2) is 9.98. The quantitative estimate of drug-likeness (QED) is 0.476. The second-order valence-corrected chi connectivity index (χ2v) is 8.13. The van der Waals surface area contributed by atoms with Gasteiger partial charge in [0.1, 0.15) is 17.5 Å². The molecule has 7 heteroatoms. The zero-order valence-electron chi connectivity index (χ0n) is 18.4. The highest BCUT2D eigenvalue weighted by Crippen LogP contribution is 2.31. The summed E-state index contributed by atoms with van der Waals surface area (Å²) in [5.41, 5.74) is 4.11. The molecule has 1 aliphatic rings. The Morgan fingerprint density at radius 1 is 1.09 bits per heavy atom.